The van der Waals surface area contributed by atoms with Gasteiger partial charge in [-0.3, -0.25) is 4.79 Å². The molecule has 0 heterocycles. The molecule has 1 nitrogen and oxygen atoms in total. The summed E-state index contributed by atoms with van der Waals surface area (Å²) < 4.78 is 0. The molecular weight excluding hydrogens is 216 g/mol. The summed E-state index contributed by atoms with van der Waals surface area (Å²) in [6.07, 6.45) is 2.09. The molecule has 0 fully saturated rings. The van der Waals surface area contributed by atoms with Crippen molar-refractivity contribution in [2.75, 3.05) is 5.75 Å². The first-order chi connectivity index (χ1) is 7.63. The van der Waals surface area contributed by atoms with Crippen LogP contribution in [0.25, 0.3) is 0 Å². The Bertz CT molecular complexity index is 346. The number of rotatable bonds is 6. The number of carbonyl (C=O) groups is 1. The number of thioether (sulfide) groups is 1. The quantitative estimate of drug-likeness (QED) is 0.692. The summed E-state index contributed by atoms with van der Waals surface area (Å²) in [7, 11) is 0. The molecule has 1 aromatic rings. The molecule has 0 saturated carbocycles. The average Bonchev–Trinajstić information content (AvgIpc) is 2.26. The van der Waals surface area contributed by atoms with E-state index >= 15 is 0 Å². The van der Waals surface area contributed by atoms with Crippen LogP contribution in [0, 0.1) is 12.8 Å². The highest BCUT2D eigenvalue weighted by molar-refractivity contribution is 8.00. The monoisotopic (exact) mass is 236 g/mol. The lowest BCUT2D eigenvalue weighted by molar-refractivity contribution is -0.120. The van der Waals surface area contributed by atoms with Gasteiger partial charge in [0, 0.05) is 10.8 Å². The fourth-order valence-corrected chi connectivity index (χ4v) is 2.63. The fourth-order valence-electron chi connectivity index (χ4n) is 1.60. The van der Waals surface area contributed by atoms with Gasteiger partial charge in [0.25, 0.3) is 0 Å². The Morgan fingerprint density at radius 2 is 2.19 bits per heavy atom. The van der Waals surface area contributed by atoms with Crippen LogP contribution in [-0.2, 0) is 4.79 Å². The van der Waals surface area contributed by atoms with Crippen molar-refractivity contribution in [1.82, 2.24) is 0 Å². The van der Waals surface area contributed by atoms with Crippen LogP contribution >= 0.6 is 11.8 Å². The molecule has 16 heavy (non-hydrogen) atoms. The molecule has 0 radical (unpaired) electrons. The van der Waals surface area contributed by atoms with E-state index in [2.05, 4.69) is 32.0 Å². The van der Waals surface area contributed by atoms with Crippen LogP contribution in [-0.4, -0.2) is 11.5 Å². The molecule has 2 heteroatoms. The van der Waals surface area contributed by atoms with Gasteiger partial charge >= 0.3 is 0 Å². The van der Waals surface area contributed by atoms with Crippen LogP contribution in [0.4, 0.5) is 0 Å². The second-order valence-corrected chi connectivity index (χ2v) is 5.31. The van der Waals surface area contributed by atoms with Crippen molar-refractivity contribution < 1.29 is 4.79 Å². The summed E-state index contributed by atoms with van der Waals surface area (Å²) in [5.41, 5.74) is 1.25. The zero-order valence-electron chi connectivity index (χ0n) is 10.3. The first-order valence-electron chi connectivity index (χ1n) is 5.85. The highest BCUT2D eigenvalue weighted by Crippen LogP contribution is 2.20. The molecule has 0 aliphatic carbocycles. The third-order valence-corrected chi connectivity index (χ3v) is 3.66. The van der Waals surface area contributed by atoms with Gasteiger partial charge in [0.2, 0.25) is 0 Å². The van der Waals surface area contributed by atoms with Crippen LogP contribution in [0.1, 0.15) is 32.3 Å². The zero-order valence-corrected chi connectivity index (χ0v) is 11.1. The van der Waals surface area contributed by atoms with E-state index in [0.29, 0.717) is 11.5 Å². The topological polar surface area (TPSA) is 17.1 Å². The van der Waals surface area contributed by atoms with Crippen LogP contribution in [0.3, 0.4) is 0 Å². The van der Waals surface area contributed by atoms with Gasteiger partial charge in [0.15, 0.2) is 0 Å². The Morgan fingerprint density at radius 3 is 2.81 bits per heavy atom. The maximum absolute atomic E-state index is 11.8. The van der Waals surface area contributed by atoms with E-state index in [1.54, 1.807) is 11.8 Å². The van der Waals surface area contributed by atoms with E-state index in [1.807, 2.05) is 13.0 Å². The molecule has 1 aromatic carbocycles. The second-order valence-electron chi connectivity index (χ2n) is 4.26. The standard InChI is InChI=1S/C14H20OS/c1-4-6-12(3)14(15)10-16-13-8-5-7-11(2)9-13/h5,7-9,12H,4,6,10H2,1-3H3. The van der Waals surface area contributed by atoms with E-state index in [4.69, 9.17) is 0 Å². The highest BCUT2D eigenvalue weighted by atomic mass is 32.2. The summed E-state index contributed by atoms with van der Waals surface area (Å²) in [4.78, 5) is 13.0. The van der Waals surface area contributed by atoms with E-state index in [-0.39, 0.29) is 5.92 Å². The minimum atomic E-state index is 0.210. The lowest BCUT2D eigenvalue weighted by Crippen LogP contribution is -2.12. The molecule has 0 aliphatic rings. The number of Topliss-reactive ketones (excluding diaryl/α,β-unsaturated/α-hetero) is 1. The Kier molecular flexibility index (Phi) is 5.61. The molecule has 0 aromatic heterocycles. The molecule has 1 rings (SSSR count). The molecule has 88 valence electrons. The van der Waals surface area contributed by atoms with Crippen molar-refractivity contribution in [2.24, 2.45) is 5.92 Å². The van der Waals surface area contributed by atoms with Crippen molar-refractivity contribution in [3.8, 4) is 0 Å². The highest BCUT2D eigenvalue weighted by Gasteiger charge is 2.11. The van der Waals surface area contributed by atoms with Crippen molar-refractivity contribution in [1.29, 1.82) is 0 Å². The summed E-state index contributed by atoms with van der Waals surface area (Å²) in [6, 6.07) is 8.31. The molecule has 0 aliphatic heterocycles. The lowest BCUT2D eigenvalue weighted by Gasteiger charge is -2.08. The van der Waals surface area contributed by atoms with Gasteiger partial charge < -0.3 is 0 Å². The van der Waals surface area contributed by atoms with Crippen molar-refractivity contribution in [2.45, 2.75) is 38.5 Å². The van der Waals surface area contributed by atoms with Gasteiger partial charge in [-0.25, -0.2) is 0 Å². The van der Waals surface area contributed by atoms with Gasteiger partial charge in [-0.15, -0.1) is 11.8 Å². The second kappa shape index (κ2) is 6.74. The predicted molar refractivity (Wildman–Crippen MR) is 71.0 cm³/mol. The Labute approximate surface area is 103 Å². The first-order valence-corrected chi connectivity index (χ1v) is 6.84. The third kappa shape index (κ3) is 4.40. The molecular formula is C14H20OS. The third-order valence-electron chi connectivity index (χ3n) is 2.64. The number of ketones is 1. The van der Waals surface area contributed by atoms with Crippen LogP contribution in [0.5, 0.6) is 0 Å². The number of benzene rings is 1. The predicted octanol–water partition coefficient (Wildman–Crippen LogP) is 4.09. The number of hydrogen-bond acceptors (Lipinski definition) is 2. The number of aryl methyl sites for hydroxylation is 1. The van der Waals surface area contributed by atoms with Gasteiger partial charge in [0.05, 0.1) is 5.75 Å². The smallest absolute Gasteiger partial charge is 0.145 e. The average molecular weight is 236 g/mol. The zero-order chi connectivity index (χ0) is 12.0. The SMILES string of the molecule is CCCC(C)C(=O)CSc1cccc(C)c1. The summed E-state index contributed by atoms with van der Waals surface area (Å²) in [6.45, 7) is 6.23. The molecule has 1 atom stereocenters. The first kappa shape index (κ1) is 13.3. The van der Waals surface area contributed by atoms with Crippen LogP contribution < -0.4 is 0 Å². The molecule has 0 bridgehead atoms. The van der Waals surface area contributed by atoms with Gasteiger partial charge in [-0.05, 0) is 25.5 Å². The molecule has 1 unspecified atom stereocenters. The maximum Gasteiger partial charge on any atom is 0.145 e. The minimum Gasteiger partial charge on any atom is -0.298 e. The van der Waals surface area contributed by atoms with E-state index < -0.39 is 0 Å². The van der Waals surface area contributed by atoms with Gasteiger partial charge in [-0.2, -0.15) is 0 Å². The normalized spacial score (nSPS) is 12.4. The molecule has 0 saturated heterocycles. The van der Waals surface area contributed by atoms with Crippen LogP contribution in [0.2, 0.25) is 0 Å². The summed E-state index contributed by atoms with van der Waals surface area (Å²) in [5.74, 6) is 1.18. The van der Waals surface area contributed by atoms with Gasteiger partial charge in [0.1, 0.15) is 5.78 Å². The van der Waals surface area contributed by atoms with Crippen molar-refractivity contribution in [3.05, 3.63) is 29.8 Å². The maximum atomic E-state index is 11.8. The Hall–Kier alpha value is -0.760. The lowest BCUT2D eigenvalue weighted by atomic mass is 10.0. The minimum absolute atomic E-state index is 0.210. The van der Waals surface area contributed by atoms with E-state index in [9.17, 15) is 4.79 Å². The largest absolute Gasteiger partial charge is 0.298 e. The van der Waals surface area contributed by atoms with Crippen molar-refractivity contribution >= 4 is 17.5 Å². The summed E-state index contributed by atoms with van der Waals surface area (Å²) >= 11 is 1.65. The fraction of sp³-hybridized carbons (Fsp3) is 0.500. The van der Waals surface area contributed by atoms with Gasteiger partial charge in [-0.1, -0.05) is 38.0 Å². The number of hydrogen-bond donors (Lipinski definition) is 0. The van der Waals surface area contributed by atoms with Crippen LogP contribution in [0.15, 0.2) is 29.2 Å². The molecule has 0 amide bonds. The van der Waals surface area contributed by atoms with Crippen molar-refractivity contribution in [3.63, 3.8) is 0 Å². The summed E-state index contributed by atoms with van der Waals surface area (Å²) in [5, 5.41) is 0. The molecule has 0 N–H and O–H groups in total. The Morgan fingerprint density at radius 1 is 1.44 bits per heavy atom. The number of carbonyl (C=O) groups excluding carboxylic acids is 1. The molecule has 0 spiro atoms. The van der Waals surface area contributed by atoms with E-state index in [0.717, 1.165) is 12.8 Å². The van der Waals surface area contributed by atoms with E-state index in [1.165, 1.54) is 10.5 Å². The Balaban J connectivity index is 2.42.